The summed E-state index contributed by atoms with van der Waals surface area (Å²) < 4.78 is 5.52. The minimum Gasteiger partial charge on any atom is -0.494 e. The van der Waals surface area contributed by atoms with Crippen molar-refractivity contribution >= 4 is 21.5 Å². The molecule has 0 heterocycles. The summed E-state index contributed by atoms with van der Waals surface area (Å²) in [6, 6.07) is 8.04. The van der Waals surface area contributed by atoms with Gasteiger partial charge in [-0.2, -0.15) is 0 Å². The van der Waals surface area contributed by atoms with Crippen molar-refractivity contribution in [2.45, 2.75) is 13.3 Å². The molecule has 1 aromatic rings. The number of benzene rings is 1. The highest BCUT2D eigenvalue weighted by Gasteiger charge is 1.95. The Kier molecular flexibility index (Phi) is 4.74. The summed E-state index contributed by atoms with van der Waals surface area (Å²) in [5.41, 5.74) is 2.25. The van der Waals surface area contributed by atoms with E-state index in [2.05, 4.69) is 22.5 Å². The number of alkyl halides is 1. The monoisotopic (exact) mass is 254 g/mol. The molecule has 0 unspecified atom stereocenters. The van der Waals surface area contributed by atoms with Gasteiger partial charge in [-0.3, -0.25) is 0 Å². The van der Waals surface area contributed by atoms with Gasteiger partial charge in [-0.1, -0.05) is 40.2 Å². The van der Waals surface area contributed by atoms with Gasteiger partial charge in [-0.05, 0) is 31.0 Å². The molecule has 1 nitrogen and oxygen atoms in total. The number of ether oxygens (including phenoxy) is 1. The summed E-state index contributed by atoms with van der Waals surface area (Å²) in [5, 5.41) is 0.983. The molecule has 0 saturated heterocycles. The summed E-state index contributed by atoms with van der Waals surface area (Å²) >= 11 is 3.36. The first kappa shape index (κ1) is 11.3. The molecule has 0 bridgehead atoms. The van der Waals surface area contributed by atoms with Crippen LogP contribution >= 0.6 is 15.9 Å². The Labute approximate surface area is 93.9 Å². The van der Waals surface area contributed by atoms with E-state index in [-0.39, 0.29) is 0 Å². The van der Waals surface area contributed by atoms with Crippen LogP contribution < -0.4 is 4.74 Å². The second-order valence-electron chi connectivity index (χ2n) is 3.20. The van der Waals surface area contributed by atoms with Crippen LogP contribution in [0.1, 0.15) is 18.9 Å². The van der Waals surface area contributed by atoms with Gasteiger partial charge < -0.3 is 4.74 Å². The van der Waals surface area contributed by atoms with E-state index in [4.69, 9.17) is 4.74 Å². The van der Waals surface area contributed by atoms with E-state index in [1.807, 2.05) is 31.2 Å². The first-order valence-corrected chi connectivity index (χ1v) is 5.81. The molecule has 76 valence electrons. The van der Waals surface area contributed by atoms with E-state index < -0.39 is 0 Å². The van der Waals surface area contributed by atoms with E-state index in [1.165, 1.54) is 0 Å². The highest BCUT2D eigenvalue weighted by molar-refractivity contribution is 9.09. The molecule has 0 fully saturated rings. The number of halogens is 1. The second-order valence-corrected chi connectivity index (χ2v) is 3.99. The zero-order chi connectivity index (χ0) is 10.4. The maximum atomic E-state index is 5.52. The smallest absolute Gasteiger partial charge is 0.119 e. The third kappa shape index (κ3) is 3.54. The van der Waals surface area contributed by atoms with Gasteiger partial charge in [0.2, 0.25) is 0 Å². The lowest BCUT2D eigenvalue weighted by Gasteiger charge is -2.05. The van der Waals surface area contributed by atoms with Gasteiger partial charge in [0, 0.05) is 5.33 Å². The fourth-order valence-electron chi connectivity index (χ4n) is 1.08. The van der Waals surface area contributed by atoms with Crippen LogP contribution in [-0.2, 0) is 0 Å². The zero-order valence-electron chi connectivity index (χ0n) is 8.42. The van der Waals surface area contributed by atoms with E-state index in [0.717, 1.165) is 35.2 Å². The Hall–Kier alpha value is -0.760. The van der Waals surface area contributed by atoms with Crippen LogP contribution in [0.3, 0.4) is 0 Å². The van der Waals surface area contributed by atoms with Crippen molar-refractivity contribution in [3.8, 4) is 5.75 Å². The topological polar surface area (TPSA) is 9.23 Å². The third-order valence-electron chi connectivity index (χ3n) is 1.89. The first-order valence-electron chi connectivity index (χ1n) is 4.68. The van der Waals surface area contributed by atoms with Crippen molar-refractivity contribution in [3.63, 3.8) is 0 Å². The van der Waals surface area contributed by atoms with E-state index in [0.29, 0.717) is 0 Å². The minimum absolute atomic E-state index is 0.762. The molecule has 0 amide bonds. The van der Waals surface area contributed by atoms with E-state index >= 15 is 0 Å². The Morgan fingerprint density at radius 1 is 1.36 bits per heavy atom. The van der Waals surface area contributed by atoms with Crippen molar-refractivity contribution < 1.29 is 4.74 Å². The molecule has 14 heavy (non-hydrogen) atoms. The molecule has 0 spiro atoms. The standard InChI is InChI=1S/C12H15BrO/c1-10(2)11-4-6-12(7-5-11)14-9-3-8-13/h4-7H,1,3,8-9H2,2H3. The predicted molar refractivity (Wildman–Crippen MR) is 65.1 cm³/mol. The van der Waals surface area contributed by atoms with Crippen molar-refractivity contribution in [1.82, 2.24) is 0 Å². The van der Waals surface area contributed by atoms with Gasteiger partial charge in [-0.15, -0.1) is 0 Å². The van der Waals surface area contributed by atoms with Gasteiger partial charge in [0.05, 0.1) is 6.61 Å². The lowest BCUT2D eigenvalue weighted by atomic mass is 10.1. The summed E-state index contributed by atoms with van der Waals surface area (Å²) in [7, 11) is 0. The van der Waals surface area contributed by atoms with Crippen molar-refractivity contribution in [1.29, 1.82) is 0 Å². The highest BCUT2D eigenvalue weighted by atomic mass is 79.9. The quantitative estimate of drug-likeness (QED) is 0.573. The largest absolute Gasteiger partial charge is 0.494 e. The SMILES string of the molecule is C=C(C)c1ccc(OCCCBr)cc1. The molecule has 0 atom stereocenters. The molecule has 0 aliphatic rings. The summed E-state index contributed by atoms with van der Waals surface area (Å²) in [6.07, 6.45) is 1.03. The van der Waals surface area contributed by atoms with Crippen LogP contribution in [0.25, 0.3) is 5.57 Å². The number of hydrogen-bond donors (Lipinski definition) is 0. The van der Waals surface area contributed by atoms with Crippen molar-refractivity contribution in [3.05, 3.63) is 36.4 Å². The Balaban J connectivity index is 2.51. The van der Waals surface area contributed by atoms with Crippen LogP contribution in [0.4, 0.5) is 0 Å². The summed E-state index contributed by atoms with van der Waals surface area (Å²) in [6.45, 7) is 6.65. The minimum atomic E-state index is 0.762. The summed E-state index contributed by atoms with van der Waals surface area (Å²) in [5.74, 6) is 0.927. The Bertz CT molecular complexity index is 290. The van der Waals surface area contributed by atoms with Crippen LogP contribution in [0, 0.1) is 0 Å². The molecule has 2 heteroatoms. The molecule has 0 radical (unpaired) electrons. The van der Waals surface area contributed by atoms with Gasteiger partial charge >= 0.3 is 0 Å². The van der Waals surface area contributed by atoms with Gasteiger partial charge in [0.15, 0.2) is 0 Å². The fraction of sp³-hybridized carbons (Fsp3) is 0.333. The number of hydrogen-bond acceptors (Lipinski definition) is 1. The molecule has 1 aromatic carbocycles. The van der Waals surface area contributed by atoms with Crippen LogP contribution in [0.2, 0.25) is 0 Å². The summed E-state index contributed by atoms with van der Waals surface area (Å²) in [4.78, 5) is 0. The molecule has 0 aliphatic heterocycles. The zero-order valence-corrected chi connectivity index (χ0v) is 10.0. The molecule has 0 saturated carbocycles. The number of rotatable bonds is 5. The first-order chi connectivity index (χ1) is 6.74. The van der Waals surface area contributed by atoms with E-state index in [9.17, 15) is 0 Å². The van der Waals surface area contributed by atoms with Crippen molar-refractivity contribution in [2.24, 2.45) is 0 Å². The molecule has 0 N–H and O–H groups in total. The molecule has 1 rings (SSSR count). The number of allylic oxidation sites excluding steroid dienone is 1. The molecule has 0 aliphatic carbocycles. The van der Waals surface area contributed by atoms with Crippen LogP contribution in [0.15, 0.2) is 30.8 Å². The van der Waals surface area contributed by atoms with Crippen LogP contribution in [0.5, 0.6) is 5.75 Å². The second kappa shape index (κ2) is 5.86. The predicted octanol–water partition coefficient (Wildman–Crippen LogP) is 3.88. The molecular weight excluding hydrogens is 240 g/mol. The van der Waals surface area contributed by atoms with Crippen LogP contribution in [-0.4, -0.2) is 11.9 Å². The van der Waals surface area contributed by atoms with E-state index in [1.54, 1.807) is 0 Å². The Morgan fingerprint density at radius 2 is 2.00 bits per heavy atom. The van der Waals surface area contributed by atoms with Gasteiger partial charge in [0.1, 0.15) is 5.75 Å². The Morgan fingerprint density at radius 3 is 2.50 bits per heavy atom. The maximum Gasteiger partial charge on any atom is 0.119 e. The normalized spacial score (nSPS) is 9.86. The average Bonchev–Trinajstić information content (AvgIpc) is 2.19. The molecular formula is C12H15BrO. The lowest BCUT2D eigenvalue weighted by molar-refractivity contribution is 0.319. The maximum absolute atomic E-state index is 5.52. The third-order valence-corrected chi connectivity index (χ3v) is 2.45. The fourth-order valence-corrected chi connectivity index (χ4v) is 1.31. The van der Waals surface area contributed by atoms with Crippen molar-refractivity contribution in [2.75, 3.05) is 11.9 Å². The molecule has 0 aromatic heterocycles. The average molecular weight is 255 g/mol. The van der Waals surface area contributed by atoms with Gasteiger partial charge in [0.25, 0.3) is 0 Å². The van der Waals surface area contributed by atoms with Gasteiger partial charge in [-0.25, -0.2) is 0 Å². The lowest BCUT2D eigenvalue weighted by Crippen LogP contribution is -1.97. The highest BCUT2D eigenvalue weighted by Crippen LogP contribution is 2.17.